The maximum Gasteiger partial charge on any atom is 0.297 e. The molecule has 0 N–H and O–H groups in total. The minimum Gasteiger partial charge on any atom is -0.496 e. The number of aryl methyl sites for hydroxylation is 1. The highest BCUT2D eigenvalue weighted by Crippen LogP contribution is 2.44. The van der Waals surface area contributed by atoms with Gasteiger partial charge >= 0.3 is 0 Å². The van der Waals surface area contributed by atoms with Crippen molar-refractivity contribution in [1.82, 2.24) is 4.98 Å². The Morgan fingerprint density at radius 1 is 1.20 bits per heavy atom. The lowest BCUT2D eigenvalue weighted by Crippen LogP contribution is -2.29. The summed E-state index contributed by atoms with van der Waals surface area (Å²) in [6.07, 6.45) is 0. The molecule has 150 valence electrons. The number of benzene rings is 2. The Kier molecular flexibility index (Phi) is 4.38. The topological polar surface area (TPSA) is 72.6 Å². The number of carbonyl (C=O) groups excluding carboxylic acids is 1. The molecule has 1 atom stereocenters. The summed E-state index contributed by atoms with van der Waals surface area (Å²) in [4.78, 5) is 33.0. The molecule has 1 aliphatic rings. The number of nitrogens with zero attached hydrogens (tertiary/aromatic N) is 2. The van der Waals surface area contributed by atoms with Crippen molar-refractivity contribution in [3.8, 4) is 5.75 Å². The van der Waals surface area contributed by atoms with E-state index >= 15 is 0 Å². The van der Waals surface area contributed by atoms with Gasteiger partial charge in [-0.1, -0.05) is 29.8 Å². The van der Waals surface area contributed by atoms with Crippen molar-refractivity contribution >= 4 is 44.9 Å². The lowest BCUT2D eigenvalue weighted by molar-refractivity contribution is 0.0971. The summed E-state index contributed by atoms with van der Waals surface area (Å²) >= 11 is 7.45. The molecule has 0 radical (unpaired) electrons. The second kappa shape index (κ2) is 6.97. The summed E-state index contributed by atoms with van der Waals surface area (Å²) < 4.78 is 11.5. The Bertz CT molecular complexity index is 1380. The van der Waals surface area contributed by atoms with Crippen LogP contribution in [0.4, 0.5) is 5.13 Å². The summed E-state index contributed by atoms with van der Waals surface area (Å²) in [5, 5.41) is 3.09. The molecule has 5 rings (SSSR count). The van der Waals surface area contributed by atoms with Gasteiger partial charge < -0.3 is 9.15 Å². The first kappa shape index (κ1) is 18.8. The molecule has 1 aliphatic heterocycles. The number of methoxy groups -OCH3 is 1. The summed E-state index contributed by atoms with van der Waals surface area (Å²) in [6, 6.07) is 11.4. The van der Waals surface area contributed by atoms with Gasteiger partial charge in [0.1, 0.15) is 17.4 Å². The van der Waals surface area contributed by atoms with E-state index in [4.69, 9.17) is 20.8 Å². The molecular formula is C22H15ClN2O4S. The van der Waals surface area contributed by atoms with Crippen LogP contribution in [0, 0.1) is 6.92 Å². The van der Waals surface area contributed by atoms with Crippen molar-refractivity contribution < 1.29 is 13.9 Å². The summed E-state index contributed by atoms with van der Waals surface area (Å²) in [5.74, 6) is 0.162. The molecule has 0 bridgehead atoms. The van der Waals surface area contributed by atoms with Crippen LogP contribution in [0.5, 0.6) is 5.75 Å². The van der Waals surface area contributed by atoms with Crippen molar-refractivity contribution in [2.45, 2.75) is 13.0 Å². The van der Waals surface area contributed by atoms with Crippen LogP contribution in [0.15, 0.2) is 57.1 Å². The second-order valence-corrected chi connectivity index (χ2v) is 8.18. The number of rotatable bonds is 3. The number of carbonyl (C=O) groups is 1. The normalized spacial score (nSPS) is 15.6. The monoisotopic (exact) mass is 438 g/mol. The number of para-hydroxylation sites is 1. The average molecular weight is 439 g/mol. The molecular weight excluding hydrogens is 424 g/mol. The molecule has 3 heterocycles. The van der Waals surface area contributed by atoms with E-state index in [-0.39, 0.29) is 16.8 Å². The van der Waals surface area contributed by atoms with Crippen LogP contribution in [0.3, 0.4) is 0 Å². The average Bonchev–Trinajstić information content (AvgIpc) is 3.29. The Hall–Kier alpha value is -3.16. The van der Waals surface area contributed by atoms with Crippen molar-refractivity contribution in [2.75, 3.05) is 12.0 Å². The Morgan fingerprint density at radius 2 is 2.00 bits per heavy atom. The van der Waals surface area contributed by atoms with Crippen LogP contribution in [-0.2, 0) is 0 Å². The summed E-state index contributed by atoms with van der Waals surface area (Å²) in [5.41, 5.74) is 1.73. The molecule has 4 aromatic rings. The van der Waals surface area contributed by atoms with E-state index in [0.29, 0.717) is 32.4 Å². The first-order valence-corrected chi connectivity index (χ1v) is 10.4. The minimum atomic E-state index is -0.728. The minimum absolute atomic E-state index is 0.0126. The Labute approximate surface area is 180 Å². The number of hydrogen-bond donors (Lipinski definition) is 0. The van der Waals surface area contributed by atoms with Crippen molar-refractivity contribution in [2.24, 2.45) is 0 Å². The van der Waals surface area contributed by atoms with Crippen LogP contribution >= 0.6 is 22.9 Å². The molecule has 1 amide bonds. The zero-order chi connectivity index (χ0) is 21.0. The van der Waals surface area contributed by atoms with Gasteiger partial charge in [0, 0.05) is 16.0 Å². The molecule has 2 aromatic carbocycles. The van der Waals surface area contributed by atoms with Gasteiger partial charge in [0.2, 0.25) is 5.76 Å². The maximum atomic E-state index is 13.5. The highest BCUT2D eigenvalue weighted by atomic mass is 35.5. The van der Waals surface area contributed by atoms with Gasteiger partial charge in [0.15, 0.2) is 10.6 Å². The van der Waals surface area contributed by atoms with Gasteiger partial charge in [0.25, 0.3) is 5.91 Å². The number of fused-ring (bicyclic) bond motifs is 2. The van der Waals surface area contributed by atoms with E-state index < -0.39 is 11.9 Å². The molecule has 0 saturated carbocycles. The third-order valence-corrected chi connectivity index (χ3v) is 6.27. The lowest BCUT2D eigenvalue weighted by atomic mass is 9.98. The van der Waals surface area contributed by atoms with E-state index in [2.05, 4.69) is 4.98 Å². The molecule has 0 saturated heterocycles. The number of halogens is 1. The van der Waals surface area contributed by atoms with Crippen molar-refractivity contribution in [3.05, 3.63) is 85.7 Å². The quantitative estimate of drug-likeness (QED) is 0.451. The van der Waals surface area contributed by atoms with E-state index in [1.54, 1.807) is 31.4 Å². The van der Waals surface area contributed by atoms with Crippen LogP contribution in [0.25, 0.3) is 11.0 Å². The predicted octanol–water partition coefficient (Wildman–Crippen LogP) is 4.97. The number of amides is 1. The molecule has 0 aliphatic carbocycles. The van der Waals surface area contributed by atoms with Gasteiger partial charge in [-0.25, -0.2) is 4.98 Å². The Morgan fingerprint density at radius 3 is 2.73 bits per heavy atom. The summed E-state index contributed by atoms with van der Waals surface area (Å²) in [6.45, 7) is 1.85. The van der Waals surface area contributed by atoms with Crippen molar-refractivity contribution in [3.63, 3.8) is 0 Å². The fraction of sp³-hybridized carbons (Fsp3) is 0.136. The predicted molar refractivity (Wildman–Crippen MR) is 116 cm³/mol. The number of ether oxygens (including phenoxy) is 1. The zero-order valence-corrected chi connectivity index (χ0v) is 17.6. The van der Waals surface area contributed by atoms with E-state index in [1.807, 2.05) is 30.5 Å². The fourth-order valence-corrected chi connectivity index (χ4v) is 4.78. The third-order valence-electron chi connectivity index (χ3n) is 5.08. The van der Waals surface area contributed by atoms with E-state index in [0.717, 1.165) is 5.69 Å². The lowest BCUT2D eigenvalue weighted by Gasteiger charge is -2.24. The van der Waals surface area contributed by atoms with Gasteiger partial charge in [-0.2, -0.15) is 0 Å². The number of aromatic nitrogens is 1. The highest BCUT2D eigenvalue weighted by Gasteiger charge is 2.45. The molecule has 30 heavy (non-hydrogen) atoms. The van der Waals surface area contributed by atoms with Crippen molar-refractivity contribution in [1.29, 1.82) is 0 Å². The summed E-state index contributed by atoms with van der Waals surface area (Å²) in [7, 11) is 1.55. The molecule has 6 nitrogen and oxygen atoms in total. The number of thiazole rings is 1. The number of anilines is 1. The fourth-order valence-electron chi connectivity index (χ4n) is 3.78. The largest absolute Gasteiger partial charge is 0.496 e. The molecule has 2 aromatic heterocycles. The SMILES string of the molecule is COc1ccccc1[C@H]1c2c(oc3ccc(Cl)cc3c2=O)C(=O)N1c1nc(C)cs1. The molecule has 0 spiro atoms. The van der Waals surface area contributed by atoms with Crippen LogP contribution < -0.4 is 15.1 Å². The molecule has 8 heteroatoms. The van der Waals surface area contributed by atoms with Gasteiger partial charge in [-0.15, -0.1) is 11.3 Å². The van der Waals surface area contributed by atoms with E-state index in [9.17, 15) is 9.59 Å². The van der Waals surface area contributed by atoms with Gasteiger partial charge in [-0.05, 0) is 31.2 Å². The van der Waals surface area contributed by atoms with Crippen LogP contribution in [0.1, 0.15) is 33.4 Å². The maximum absolute atomic E-state index is 13.5. The molecule has 0 unspecified atom stereocenters. The molecule has 0 fully saturated rings. The van der Waals surface area contributed by atoms with Gasteiger partial charge in [0.05, 0.1) is 23.8 Å². The Balaban J connectivity index is 1.86. The highest BCUT2D eigenvalue weighted by molar-refractivity contribution is 7.14. The van der Waals surface area contributed by atoms with Gasteiger partial charge in [-0.3, -0.25) is 14.5 Å². The van der Waals surface area contributed by atoms with Crippen LogP contribution in [0.2, 0.25) is 5.02 Å². The zero-order valence-electron chi connectivity index (χ0n) is 16.0. The first-order valence-electron chi connectivity index (χ1n) is 9.14. The number of hydrogen-bond acceptors (Lipinski definition) is 6. The smallest absolute Gasteiger partial charge is 0.297 e. The third kappa shape index (κ3) is 2.74. The standard InChI is InChI=1S/C22H15ClN2O4S/c1-11-10-30-22(24-11)25-18(13-5-3-4-6-15(13)28-2)17-19(26)14-9-12(23)7-8-16(14)29-20(17)21(25)27/h3-10,18H,1-2H3/t18-/m0/s1. The second-order valence-electron chi connectivity index (χ2n) is 6.91. The first-order chi connectivity index (χ1) is 14.5. The van der Waals surface area contributed by atoms with E-state index in [1.165, 1.54) is 16.2 Å². The van der Waals surface area contributed by atoms with Crippen LogP contribution in [-0.4, -0.2) is 18.0 Å².